The maximum Gasteiger partial charge on any atom is 0.234 e. The highest BCUT2D eigenvalue weighted by Crippen LogP contribution is 2.21. The van der Waals surface area contributed by atoms with E-state index in [4.69, 9.17) is 4.74 Å². The molecule has 1 heterocycles. The number of rotatable bonds is 9. The van der Waals surface area contributed by atoms with Gasteiger partial charge in [0, 0.05) is 16.7 Å². The summed E-state index contributed by atoms with van der Waals surface area (Å²) in [4.78, 5) is 12.3. The molecule has 0 aliphatic heterocycles. The van der Waals surface area contributed by atoms with Gasteiger partial charge in [-0.3, -0.25) is 9.36 Å². The molecule has 156 valence electrons. The number of anilines is 1. The largest absolute Gasteiger partial charge is 0.486 e. The number of aromatic nitrogens is 3. The van der Waals surface area contributed by atoms with E-state index < -0.39 is 0 Å². The van der Waals surface area contributed by atoms with E-state index in [0.29, 0.717) is 17.5 Å². The van der Waals surface area contributed by atoms with E-state index in [1.165, 1.54) is 22.9 Å². The molecule has 0 aliphatic carbocycles. The first-order chi connectivity index (χ1) is 14.5. The van der Waals surface area contributed by atoms with Gasteiger partial charge in [-0.2, -0.15) is 0 Å². The molecule has 0 aliphatic rings. The Morgan fingerprint density at radius 1 is 1.20 bits per heavy atom. The van der Waals surface area contributed by atoms with Crippen molar-refractivity contribution in [2.75, 3.05) is 11.1 Å². The van der Waals surface area contributed by atoms with Gasteiger partial charge in [-0.05, 0) is 61.4 Å². The van der Waals surface area contributed by atoms with Crippen LogP contribution in [-0.4, -0.2) is 26.4 Å². The predicted molar refractivity (Wildman–Crippen MR) is 124 cm³/mol. The zero-order valence-electron chi connectivity index (χ0n) is 16.9. The standard InChI is InChI=1S/C22H23BrN4O2S/c1-4-11-27-20(13-29-19-10-5-15(2)16(3)12-19)25-26-22(27)30-14-21(28)24-18-8-6-17(23)7-9-18/h4-10,12H,1,11,13-14H2,2-3H3,(H,24,28). The third kappa shape index (κ3) is 5.96. The van der Waals surface area contributed by atoms with Gasteiger partial charge in [0.25, 0.3) is 0 Å². The lowest BCUT2D eigenvalue weighted by Gasteiger charge is -2.10. The molecule has 0 radical (unpaired) electrons. The van der Waals surface area contributed by atoms with Gasteiger partial charge >= 0.3 is 0 Å². The highest BCUT2D eigenvalue weighted by atomic mass is 79.9. The van der Waals surface area contributed by atoms with Crippen LogP contribution in [0.3, 0.4) is 0 Å². The Bertz CT molecular complexity index is 1030. The smallest absolute Gasteiger partial charge is 0.234 e. The molecule has 0 saturated carbocycles. The van der Waals surface area contributed by atoms with Crippen molar-refractivity contribution >= 4 is 39.3 Å². The van der Waals surface area contributed by atoms with E-state index in [2.05, 4.69) is 51.9 Å². The summed E-state index contributed by atoms with van der Waals surface area (Å²) in [7, 11) is 0. The van der Waals surface area contributed by atoms with Crippen molar-refractivity contribution in [2.24, 2.45) is 0 Å². The molecule has 8 heteroatoms. The third-order valence-corrected chi connectivity index (χ3v) is 5.91. The predicted octanol–water partition coefficient (Wildman–Crippen LogP) is 5.15. The molecule has 0 bridgehead atoms. The summed E-state index contributed by atoms with van der Waals surface area (Å²) in [6.45, 7) is 8.75. The summed E-state index contributed by atoms with van der Waals surface area (Å²) in [5.74, 6) is 1.59. The SMILES string of the molecule is C=CCn1c(COc2ccc(C)c(C)c2)nnc1SCC(=O)Nc1ccc(Br)cc1. The summed E-state index contributed by atoms with van der Waals surface area (Å²) >= 11 is 4.71. The molecule has 0 spiro atoms. The molecule has 0 fully saturated rings. The molecule has 1 N–H and O–H groups in total. The van der Waals surface area contributed by atoms with Crippen LogP contribution in [0.15, 0.2) is 64.7 Å². The van der Waals surface area contributed by atoms with Gasteiger partial charge in [0.1, 0.15) is 12.4 Å². The Balaban J connectivity index is 1.61. The van der Waals surface area contributed by atoms with Gasteiger partial charge in [0.05, 0.1) is 5.75 Å². The molecule has 30 heavy (non-hydrogen) atoms. The van der Waals surface area contributed by atoms with Crippen molar-refractivity contribution in [3.05, 3.63) is 76.5 Å². The molecule has 1 aromatic heterocycles. The van der Waals surface area contributed by atoms with Crippen molar-refractivity contribution in [1.29, 1.82) is 0 Å². The number of amides is 1. The van der Waals surface area contributed by atoms with Crippen molar-refractivity contribution in [1.82, 2.24) is 14.8 Å². The lowest BCUT2D eigenvalue weighted by Crippen LogP contribution is -2.15. The van der Waals surface area contributed by atoms with Crippen molar-refractivity contribution in [3.8, 4) is 5.75 Å². The molecule has 6 nitrogen and oxygen atoms in total. The van der Waals surface area contributed by atoms with Crippen LogP contribution in [0.4, 0.5) is 5.69 Å². The van der Waals surface area contributed by atoms with Crippen molar-refractivity contribution in [3.63, 3.8) is 0 Å². The van der Waals surface area contributed by atoms with Crippen molar-refractivity contribution < 1.29 is 9.53 Å². The second-order valence-electron chi connectivity index (χ2n) is 6.68. The topological polar surface area (TPSA) is 69.0 Å². The molecule has 0 atom stereocenters. The number of aryl methyl sites for hydroxylation is 2. The van der Waals surface area contributed by atoms with Gasteiger partial charge in [0.15, 0.2) is 11.0 Å². The Hall–Kier alpha value is -2.58. The quantitative estimate of drug-likeness (QED) is 0.334. The summed E-state index contributed by atoms with van der Waals surface area (Å²) in [6, 6.07) is 13.4. The van der Waals surface area contributed by atoms with Crippen LogP contribution >= 0.6 is 27.7 Å². The number of ether oxygens (including phenoxy) is 1. The molecule has 3 aromatic rings. The zero-order chi connectivity index (χ0) is 21.5. The summed E-state index contributed by atoms with van der Waals surface area (Å²) in [6.07, 6.45) is 1.77. The van der Waals surface area contributed by atoms with Crippen LogP contribution in [0.1, 0.15) is 17.0 Å². The van der Waals surface area contributed by atoms with Crippen molar-refractivity contribution in [2.45, 2.75) is 32.2 Å². The normalized spacial score (nSPS) is 10.6. The number of carbonyl (C=O) groups excluding carboxylic acids is 1. The maximum atomic E-state index is 12.3. The fourth-order valence-corrected chi connectivity index (χ4v) is 3.69. The fraction of sp³-hybridized carbons (Fsp3) is 0.227. The van der Waals surface area contributed by atoms with Gasteiger partial charge in [-0.1, -0.05) is 39.8 Å². The van der Waals surface area contributed by atoms with Gasteiger partial charge in [0.2, 0.25) is 5.91 Å². The average molecular weight is 487 g/mol. The van der Waals surface area contributed by atoms with Crippen LogP contribution in [0, 0.1) is 13.8 Å². The molecule has 0 saturated heterocycles. The molecule has 2 aromatic carbocycles. The first-order valence-corrected chi connectivity index (χ1v) is 11.2. The number of allylic oxidation sites excluding steroid dienone is 1. The number of hydrogen-bond donors (Lipinski definition) is 1. The third-order valence-electron chi connectivity index (χ3n) is 4.41. The fourth-order valence-electron chi connectivity index (χ4n) is 2.66. The lowest BCUT2D eigenvalue weighted by atomic mass is 10.1. The number of halogens is 1. The second-order valence-corrected chi connectivity index (χ2v) is 8.53. The number of thioether (sulfide) groups is 1. The Kier molecular flexibility index (Phi) is 7.70. The molecule has 3 rings (SSSR count). The van der Waals surface area contributed by atoms with E-state index >= 15 is 0 Å². The van der Waals surface area contributed by atoms with E-state index in [1.807, 2.05) is 47.0 Å². The van der Waals surface area contributed by atoms with E-state index in [0.717, 1.165) is 15.9 Å². The lowest BCUT2D eigenvalue weighted by molar-refractivity contribution is -0.113. The van der Waals surface area contributed by atoms with Crippen LogP contribution in [0.5, 0.6) is 5.75 Å². The van der Waals surface area contributed by atoms with E-state index in [1.54, 1.807) is 6.08 Å². The maximum absolute atomic E-state index is 12.3. The monoisotopic (exact) mass is 486 g/mol. The summed E-state index contributed by atoms with van der Waals surface area (Å²) < 4.78 is 8.76. The average Bonchev–Trinajstić information content (AvgIpc) is 3.11. The Morgan fingerprint density at radius 3 is 2.67 bits per heavy atom. The Labute approximate surface area is 188 Å². The summed E-state index contributed by atoms with van der Waals surface area (Å²) in [5, 5.41) is 12.0. The van der Waals surface area contributed by atoms with Crippen LogP contribution in [-0.2, 0) is 17.9 Å². The first kappa shape index (κ1) is 22.1. The van der Waals surface area contributed by atoms with Crippen LogP contribution in [0.2, 0.25) is 0 Å². The number of carbonyl (C=O) groups is 1. The minimum absolute atomic E-state index is 0.108. The number of benzene rings is 2. The number of nitrogens with one attached hydrogen (secondary N) is 1. The first-order valence-electron chi connectivity index (χ1n) is 9.37. The minimum Gasteiger partial charge on any atom is -0.486 e. The molecular formula is C22H23BrN4O2S. The van der Waals surface area contributed by atoms with Crippen LogP contribution in [0.25, 0.3) is 0 Å². The molecule has 1 amide bonds. The Morgan fingerprint density at radius 2 is 1.97 bits per heavy atom. The molecule has 0 unspecified atom stereocenters. The van der Waals surface area contributed by atoms with E-state index in [9.17, 15) is 4.79 Å². The zero-order valence-corrected chi connectivity index (χ0v) is 19.3. The highest BCUT2D eigenvalue weighted by Gasteiger charge is 2.14. The highest BCUT2D eigenvalue weighted by molar-refractivity contribution is 9.10. The number of hydrogen-bond acceptors (Lipinski definition) is 5. The minimum atomic E-state index is -0.108. The summed E-state index contributed by atoms with van der Waals surface area (Å²) in [5.41, 5.74) is 3.14. The number of nitrogens with zero attached hydrogens (tertiary/aromatic N) is 3. The van der Waals surface area contributed by atoms with Gasteiger partial charge < -0.3 is 10.1 Å². The van der Waals surface area contributed by atoms with Crippen LogP contribution < -0.4 is 10.1 Å². The van der Waals surface area contributed by atoms with Gasteiger partial charge in [-0.15, -0.1) is 16.8 Å². The van der Waals surface area contributed by atoms with E-state index in [-0.39, 0.29) is 18.3 Å². The molecular weight excluding hydrogens is 464 g/mol. The second kappa shape index (κ2) is 10.4. The van der Waals surface area contributed by atoms with Gasteiger partial charge in [-0.25, -0.2) is 0 Å².